The van der Waals surface area contributed by atoms with Crippen molar-refractivity contribution in [2.45, 2.75) is 0 Å². The van der Waals surface area contributed by atoms with Crippen molar-refractivity contribution in [1.29, 1.82) is 0 Å². The molecule has 0 unspecified atom stereocenters. The third-order valence-corrected chi connectivity index (χ3v) is 3.25. The van der Waals surface area contributed by atoms with E-state index in [0.717, 1.165) is 0 Å². The number of anilines is 1. The van der Waals surface area contributed by atoms with Crippen molar-refractivity contribution in [2.24, 2.45) is 5.10 Å². The quantitative estimate of drug-likeness (QED) is 0.560. The van der Waals surface area contributed by atoms with Gasteiger partial charge in [0.15, 0.2) is 11.5 Å². The van der Waals surface area contributed by atoms with Crippen molar-refractivity contribution in [3.63, 3.8) is 0 Å². The van der Waals surface area contributed by atoms with Gasteiger partial charge in [0.25, 0.3) is 5.91 Å². The molecule has 0 aromatic heterocycles. The van der Waals surface area contributed by atoms with Crippen LogP contribution in [0.15, 0.2) is 47.6 Å². The number of halogens is 1. The summed E-state index contributed by atoms with van der Waals surface area (Å²) in [7, 11) is 1.46. The average molecular weight is 334 g/mol. The summed E-state index contributed by atoms with van der Waals surface area (Å²) in [6.45, 7) is 0.0416. The van der Waals surface area contributed by atoms with Crippen LogP contribution in [-0.2, 0) is 4.79 Å². The molecular weight excluding hydrogens is 318 g/mol. The molecule has 0 aliphatic rings. The number of methoxy groups -OCH3 is 1. The van der Waals surface area contributed by atoms with E-state index in [1.165, 1.54) is 19.4 Å². The van der Waals surface area contributed by atoms with Gasteiger partial charge in [-0.25, -0.2) is 5.43 Å². The second-order valence-corrected chi connectivity index (χ2v) is 4.97. The number of rotatable bonds is 6. The molecule has 2 rings (SSSR count). The fourth-order valence-electron chi connectivity index (χ4n) is 1.77. The van der Waals surface area contributed by atoms with Crippen LogP contribution in [-0.4, -0.2) is 30.9 Å². The highest BCUT2D eigenvalue weighted by Crippen LogP contribution is 2.25. The number of hydrogen-bond donors (Lipinski definition) is 3. The number of carbonyl (C=O) groups excluding carboxylic acids is 1. The van der Waals surface area contributed by atoms with Gasteiger partial charge >= 0.3 is 0 Å². The highest BCUT2D eigenvalue weighted by Gasteiger charge is 2.03. The summed E-state index contributed by atoms with van der Waals surface area (Å²) in [5.74, 6) is 0.0604. The average Bonchev–Trinajstić information content (AvgIpc) is 2.55. The molecule has 0 saturated heterocycles. The molecule has 0 atom stereocenters. The van der Waals surface area contributed by atoms with Gasteiger partial charge in [-0.15, -0.1) is 0 Å². The van der Waals surface area contributed by atoms with Gasteiger partial charge in [-0.05, 0) is 35.9 Å². The molecule has 3 N–H and O–H groups in total. The maximum absolute atomic E-state index is 11.7. The fourth-order valence-corrected chi connectivity index (χ4v) is 1.98. The van der Waals surface area contributed by atoms with Crippen LogP contribution >= 0.6 is 11.6 Å². The van der Waals surface area contributed by atoms with Crippen molar-refractivity contribution in [2.75, 3.05) is 19.0 Å². The number of carbonyl (C=O) groups is 1. The minimum absolute atomic E-state index is 0.0395. The lowest BCUT2D eigenvalue weighted by Crippen LogP contribution is -2.25. The lowest BCUT2D eigenvalue weighted by Gasteiger charge is -2.06. The Morgan fingerprint density at radius 1 is 1.35 bits per heavy atom. The van der Waals surface area contributed by atoms with E-state index in [0.29, 0.717) is 22.0 Å². The maximum atomic E-state index is 11.7. The van der Waals surface area contributed by atoms with E-state index in [1.54, 1.807) is 24.3 Å². The van der Waals surface area contributed by atoms with Crippen molar-refractivity contribution in [1.82, 2.24) is 5.43 Å². The van der Waals surface area contributed by atoms with Crippen LogP contribution in [0.3, 0.4) is 0 Å². The zero-order valence-corrected chi connectivity index (χ0v) is 13.2. The highest BCUT2D eigenvalue weighted by atomic mass is 35.5. The van der Waals surface area contributed by atoms with E-state index in [-0.39, 0.29) is 18.2 Å². The normalized spacial score (nSPS) is 10.5. The number of ether oxygens (including phenoxy) is 1. The first-order valence-corrected chi connectivity index (χ1v) is 7.15. The van der Waals surface area contributed by atoms with Crippen LogP contribution in [0.5, 0.6) is 11.5 Å². The van der Waals surface area contributed by atoms with E-state index >= 15 is 0 Å². The molecule has 0 fully saturated rings. The van der Waals surface area contributed by atoms with Gasteiger partial charge in [-0.2, -0.15) is 5.10 Å². The molecule has 0 bridgehead atoms. The van der Waals surface area contributed by atoms with Gasteiger partial charge in [0.1, 0.15) is 0 Å². The van der Waals surface area contributed by atoms with E-state index < -0.39 is 0 Å². The van der Waals surface area contributed by atoms with Crippen molar-refractivity contribution < 1.29 is 14.6 Å². The van der Waals surface area contributed by atoms with Crippen LogP contribution in [0, 0.1) is 0 Å². The lowest BCUT2D eigenvalue weighted by atomic mass is 10.2. The molecule has 2 aromatic rings. The lowest BCUT2D eigenvalue weighted by molar-refractivity contribution is -0.119. The summed E-state index contributed by atoms with van der Waals surface area (Å²) < 4.78 is 4.99. The Hall–Kier alpha value is -2.73. The third-order valence-electron chi connectivity index (χ3n) is 2.92. The Kier molecular flexibility index (Phi) is 5.82. The fraction of sp³-hybridized carbons (Fsp3) is 0.125. The molecule has 0 aliphatic heterocycles. The molecule has 0 radical (unpaired) electrons. The number of aromatic hydroxyl groups is 1. The molecule has 23 heavy (non-hydrogen) atoms. The summed E-state index contributed by atoms with van der Waals surface area (Å²) in [4.78, 5) is 11.7. The Morgan fingerprint density at radius 3 is 2.87 bits per heavy atom. The summed E-state index contributed by atoms with van der Waals surface area (Å²) in [6.07, 6.45) is 1.45. The molecule has 0 saturated carbocycles. The van der Waals surface area contributed by atoms with E-state index in [9.17, 15) is 9.90 Å². The molecule has 1 amide bonds. The van der Waals surface area contributed by atoms with Gasteiger partial charge in [-0.1, -0.05) is 23.7 Å². The topological polar surface area (TPSA) is 83.0 Å². The number of amides is 1. The van der Waals surface area contributed by atoms with Crippen molar-refractivity contribution in [3.05, 3.63) is 53.1 Å². The van der Waals surface area contributed by atoms with Crippen LogP contribution in [0.2, 0.25) is 5.02 Å². The number of nitrogens with zero attached hydrogens (tertiary/aromatic N) is 1. The van der Waals surface area contributed by atoms with E-state index in [2.05, 4.69) is 15.8 Å². The monoisotopic (exact) mass is 333 g/mol. The van der Waals surface area contributed by atoms with E-state index in [4.69, 9.17) is 16.3 Å². The minimum Gasteiger partial charge on any atom is -0.504 e. The number of nitrogens with one attached hydrogen (secondary N) is 2. The van der Waals surface area contributed by atoms with Crippen LogP contribution in [0.25, 0.3) is 0 Å². The summed E-state index contributed by atoms with van der Waals surface area (Å²) in [5, 5.41) is 16.8. The molecular formula is C16H16ClN3O3. The molecule has 0 aliphatic carbocycles. The predicted octanol–water partition coefficient (Wildman–Crippen LogP) is 2.62. The second-order valence-electron chi connectivity index (χ2n) is 4.56. The number of hydrazone groups is 1. The number of phenols is 1. The van der Waals surface area contributed by atoms with Crippen LogP contribution in [0.1, 0.15) is 5.56 Å². The molecule has 2 aromatic carbocycles. The molecule has 120 valence electrons. The number of para-hydroxylation sites is 1. The Balaban J connectivity index is 1.85. The SMILES string of the molecule is COc1cc(C=NNC(=O)CNc2ccccc2Cl)ccc1O. The number of benzene rings is 2. The smallest absolute Gasteiger partial charge is 0.259 e. The standard InChI is InChI=1S/C16H16ClN3O3/c1-23-15-8-11(6-7-14(15)21)9-19-20-16(22)10-18-13-5-3-2-4-12(13)17/h2-9,18,21H,10H2,1H3,(H,20,22). The van der Waals surface area contributed by atoms with Gasteiger partial charge < -0.3 is 15.2 Å². The first kappa shape index (κ1) is 16.6. The predicted molar refractivity (Wildman–Crippen MR) is 90.3 cm³/mol. The largest absolute Gasteiger partial charge is 0.504 e. The molecule has 0 heterocycles. The number of hydrogen-bond acceptors (Lipinski definition) is 5. The van der Waals surface area contributed by atoms with Crippen LogP contribution < -0.4 is 15.5 Å². The van der Waals surface area contributed by atoms with Gasteiger partial charge in [0.2, 0.25) is 0 Å². The van der Waals surface area contributed by atoms with Crippen molar-refractivity contribution >= 4 is 29.4 Å². The molecule has 6 nitrogen and oxygen atoms in total. The zero-order chi connectivity index (χ0) is 16.7. The molecule has 0 spiro atoms. The third kappa shape index (κ3) is 4.89. The Labute approximate surface area is 138 Å². The summed E-state index contributed by atoms with van der Waals surface area (Å²) >= 11 is 5.98. The zero-order valence-electron chi connectivity index (χ0n) is 12.4. The van der Waals surface area contributed by atoms with Crippen molar-refractivity contribution in [3.8, 4) is 11.5 Å². The minimum atomic E-state index is -0.313. The number of phenolic OH excluding ortho intramolecular Hbond substituents is 1. The molecule has 7 heteroatoms. The van der Waals surface area contributed by atoms with Gasteiger partial charge in [0.05, 0.1) is 30.6 Å². The first-order chi connectivity index (χ1) is 11.1. The van der Waals surface area contributed by atoms with E-state index in [1.807, 2.05) is 12.1 Å². The van der Waals surface area contributed by atoms with Crippen LogP contribution in [0.4, 0.5) is 5.69 Å². The summed E-state index contributed by atoms with van der Waals surface area (Å²) in [5.41, 5.74) is 3.75. The maximum Gasteiger partial charge on any atom is 0.259 e. The van der Waals surface area contributed by atoms with Gasteiger partial charge in [-0.3, -0.25) is 4.79 Å². The summed E-state index contributed by atoms with van der Waals surface area (Å²) in [6, 6.07) is 11.9. The van der Waals surface area contributed by atoms with Gasteiger partial charge in [0, 0.05) is 0 Å². The first-order valence-electron chi connectivity index (χ1n) is 6.77. The Bertz CT molecular complexity index is 719. The Morgan fingerprint density at radius 2 is 2.13 bits per heavy atom. The second kappa shape index (κ2) is 8.05. The highest BCUT2D eigenvalue weighted by molar-refractivity contribution is 6.33.